The average molecular weight is 463 g/mol. The molecule has 0 unspecified atom stereocenters. The molecule has 7 heteroatoms. The van der Waals surface area contributed by atoms with Crippen molar-refractivity contribution < 1.29 is 23.5 Å². The second-order valence-electron chi connectivity index (χ2n) is 8.07. The lowest BCUT2D eigenvalue weighted by Gasteiger charge is -2.30. The molecule has 0 fully saturated rings. The van der Waals surface area contributed by atoms with Gasteiger partial charge in [0.15, 0.2) is 6.61 Å². The van der Waals surface area contributed by atoms with Crippen LogP contribution < -0.4 is 19.7 Å². The van der Waals surface area contributed by atoms with Gasteiger partial charge in [0.05, 0.1) is 18.7 Å². The quantitative estimate of drug-likeness (QED) is 0.466. The molecule has 1 aliphatic heterocycles. The summed E-state index contributed by atoms with van der Waals surface area (Å²) in [6.45, 7) is 3.02. The van der Waals surface area contributed by atoms with Crippen LogP contribution in [-0.4, -0.2) is 31.6 Å². The number of nitrogens with one attached hydrogen (secondary N) is 1. The number of amides is 2. The highest BCUT2D eigenvalue weighted by Crippen LogP contribution is 2.34. The summed E-state index contributed by atoms with van der Waals surface area (Å²) in [4.78, 5) is 26.6. The average Bonchev–Trinajstić information content (AvgIpc) is 2.84. The fourth-order valence-electron chi connectivity index (χ4n) is 3.75. The Bertz CT molecular complexity index is 1150. The van der Waals surface area contributed by atoms with Crippen molar-refractivity contribution in [1.82, 2.24) is 0 Å². The van der Waals surface area contributed by atoms with Crippen molar-refractivity contribution in [2.75, 3.05) is 30.0 Å². The monoisotopic (exact) mass is 462 g/mol. The van der Waals surface area contributed by atoms with E-state index in [0.717, 1.165) is 12.2 Å². The van der Waals surface area contributed by atoms with E-state index in [1.54, 1.807) is 35.2 Å². The van der Waals surface area contributed by atoms with E-state index in [0.29, 0.717) is 42.3 Å². The van der Waals surface area contributed by atoms with Gasteiger partial charge in [0.2, 0.25) is 5.91 Å². The summed E-state index contributed by atoms with van der Waals surface area (Å²) in [7, 11) is 0. The molecule has 34 heavy (non-hydrogen) atoms. The molecule has 0 aliphatic carbocycles. The topological polar surface area (TPSA) is 67.9 Å². The third-order valence-corrected chi connectivity index (χ3v) is 5.59. The first-order valence-corrected chi connectivity index (χ1v) is 11.3. The predicted molar refractivity (Wildman–Crippen MR) is 129 cm³/mol. The van der Waals surface area contributed by atoms with E-state index in [1.165, 1.54) is 17.7 Å². The van der Waals surface area contributed by atoms with E-state index in [9.17, 15) is 14.0 Å². The van der Waals surface area contributed by atoms with E-state index >= 15 is 0 Å². The minimum absolute atomic E-state index is 0.0252. The molecule has 0 radical (unpaired) electrons. The fraction of sp³-hybridized carbons (Fsp3) is 0.259. The Morgan fingerprint density at radius 1 is 1.06 bits per heavy atom. The summed E-state index contributed by atoms with van der Waals surface area (Å²) in [6, 6.07) is 19.0. The van der Waals surface area contributed by atoms with E-state index in [2.05, 4.69) is 12.2 Å². The Morgan fingerprint density at radius 2 is 1.79 bits per heavy atom. The summed E-state index contributed by atoms with van der Waals surface area (Å²) >= 11 is 0. The van der Waals surface area contributed by atoms with Crippen molar-refractivity contribution in [1.29, 1.82) is 0 Å². The Morgan fingerprint density at radius 3 is 2.53 bits per heavy atom. The maximum absolute atomic E-state index is 13.1. The van der Waals surface area contributed by atoms with E-state index < -0.39 is 0 Å². The summed E-state index contributed by atoms with van der Waals surface area (Å²) in [5, 5.41) is 2.84. The van der Waals surface area contributed by atoms with Crippen LogP contribution in [-0.2, 0) is 22.4 Å². The number of fused-ring (bicyclic) bond motifs is 1. The van der Waals surface area contributed by atoms with Crippen LogP contribution in [0.15, 0.2) is 66.7 Å². The smallest absolute Gasteiger partial charge is 0.265 e. The summed E-state index contributed by atoms with van der Waals surface area (Å²) in [5.74, 6) is 0.672. The summed E-state index contributed by atoms with van der Waals surface area (Å²) in [5.41, 5.74) is 3.13. The van der Waals surface area contributed by atoms with Crippen LogP contribution in [0, 0.1) is 5.82 Å². The minimum atomic E-state index is -0.344. The van der Waals surface area contributed by atoms with Crippen molar-refractivity contribution in [3.63, 3.8) is 0 Å². The molecule has 3 aromatic carbocycles. The van der Waals surface area contributed by atoms with Gasteiger partial charge in [-0.3, -0.25) is 9.59 Å². The summed E-state index contributed by atoms with van der Waals surface area (Å²) < 4.78 is 24.4. The molecule has 1 N–H and O–H groups in total. The van der Waals surface area contributed by atoms with Gasteiger partial charge in [0, 0.05) is 12.2 Å². The first kappa shape index (κ1) is 23.3. The van der Waals surface area contributed by atoms with E-state index in [1.807, 2.05) is 24.3 Å². The van der Waals surface area contributed by atoms with Crippen molar-refractivity contribution in [2.24, 2.45) is 0 Å². The molecule has 3 aromatic rings. The fourth-order valence-corrected chi connectivity index (χ4v) is 3.75. The molecule has 0 bridgehead atoms. The number of rotatable bonds is 9. The Hall–Kier alpha value is -3.87. The first-order valence-electron chi connectivity index (χ1n) is 11.3. The van der Waals surface area contributed by atoms with Crippen LogP contribution >= 0.6 is 0 Å². The lowest BCUT2D eigenvalue weighted by atomic mass is 10.1. The maximum Gasteiger partial charge on any atom is 0.265 e. The van der Waals surface area contributed by atoms with Crippen LogP contribution in [0.2, 0.25) is 0 Å². The number of ether oxygens (including phenoxy) is 2. The van der Waals surface area contributed by atoms with Gasteiger partial charge in [-0.2, -0.15) is 0 Å². The van der Waals surface area contributed by atoms with Gasteiger partial charge in [-0.05, 0) is 66.4 Å². The third kappa shape index (κ3) is 5.92. The molecule has 0 atom stereocenters. The van der Waals surface area contributed by atoms with Crippen molar-refractivity contribution in [2.45, 2.75) is 26.2 Å². The van der Waals surface area contributed by atoms with Crippen molar-refractivity contribution >= 4 is 23.2 Å². The van der Waals surface area contributed by atoms with Gasteiger partial charge in [-0.25, -0.2) is 4.39 Å². The first-order chi connectivity index (χ1) is 16.5. The molecule has 0 saturated carbocycles. The molecule has 176 valence electrons. The number of hydrogen-bond acceptors (Lipinski definition) is 4. The molecule has 0 spiro atoms. The van der Waals surface area contributed by atoms with E-state index in [-0.39, 0.29) is 30.7 Å². The standard InChI is InChI=1S/C27H27FN2O4/c1-2-19-6-11-23(12-7-19)33-15-3-14-30-24-17-22(10-13-25(24)34-18-27(30)32)29-26(31)16-20-4-8-21(28)9-5-20/h4-13,17H,2-3,14-16,18H2,1H3,(H,29,31). The van der Waals surface area contributed by atoms with Crippen LogP contribution in [0.1, 0.15) is 24.5 Å². The SMILES string of the molecule is CCc1ccc(OCCCN2C(=O)COc3ccc(NC(=O)Cc4ccc(F)cc4)cc32)cc1. The second-order valence-corrected chi connectivity index (χ2v) is 8.07. The van der Waals surface area contributed by atoms with E-state index in [4.69, 9.17) is 9.47 Å². The largest absolute Gasteiger partial charge is 0.494 e. The van der Waals surface area contributed by atoms with Crippen molar-refractivity contribution in [3.8, 4) is 11.5 Å². The number of anilines is 2. The number of aryl methyl sites for hydroxylation is 1. The normalized spacial score (nSPS) is 12.6. The number of benzene rings is 3. The molecule has 1 heterocycles. The number of carbonyl (C=O) groups is 2. The lowest BCUT2D eigenvalue weighted by molar-refractivity contribution is -0.121. The third-order valence-electron chi connectivity index (χ3n) is 5.59. The van der Waals surface area contributed by atoms with Crippen LogP contribution in [0.5, 0.6) is 11.5 Å². The van der Waals surface area contributed by atoms with Gasteiger partial charge >= 0.3 is 0 Å². The molecule has 4 rings (SSSR count). The number of nitrogens with zero attached hydrogens (tertiary/aromatic N) is 1. The van der Waals surface area contributed by atoms with Crippen LogP contribution in [0.25, 0.3) is 0 Å². The Balaban J connectivity index is 1.36. The molecule has 2 amide bonds. The van der Waals surface area contributed by atoms with Gasteiger partial charge in [-0.15, -0.1) is 0 Å². The highest BCUT2D eigenvalue weighted by molar-refractivity contribution is 5.99. The highest BCUT2D eigenvalue weighted by atomic mass is 19.1. The lowest BCUT2D eigenvalue weighted by Crippen LogP contribution is -2.39. The highest BCUT2D eigenvalue weighted by Gasteiger charge is 2.25. The molecule has 0 saturated heterocycles. The van der Waals surface area contributed by atoms with Crippen LogP contribution in [0.3, 0.4) is 0 Å². The molecule has 1 aliphatic rings. The zero-order valence-electron chi connectivity index (χ0n) is 19.1. The second kappa shape index (κ2) is 10.8. The maximum atomic E-state index is 13.1. The molecule has 6 nitrogen and oxygen atoms in total. The Labute approximate surface area is 198 Å². The summed E-state index contributed by atoms with van der Waals surface area (Å²) in [6.07, 6.45) is 1.74. The zero-order chi connectivity index (χ0) is 23.9. The van der Waals surface area contributed by atoms with Gasteiger partial charge < -0.3 is 19.7 Å². The number of carbonyl (C=O) groups excluding carboxylic acids is 2. The number of halogens is 1. The minimum Gasteiger partial charge on any atom is -0.494 e. The van der Waals surface area contributed by atoms with Crippen molar-refractivity contribution in [3.05, 3.63) is 83.7 Å². The Kier molecular flexibility index (Phi) is 7.42. The number of hydrogen-bond donors (Lipinski definition) is 1. The predicted octanol–water partition coefficient (Wildman–Crippen LogP) is 4.76. The van der Waals surface area contributed by atoms with Gasteiger partial charge in [-0.1, -0.05) is 31.2 Å². The zero-order valence-corrected chi connectivity index (χ0v) is 19.1. The molecular formula is C27H27FN2O4. The van der Waals surface area contributed by atoms with Crippen LogP contribution in [0.4, 0.5) is 15.8 Å². The van der Waals surface area contributed by atoms with Gasteiger partial charge in [0.1, 0.15) is 17.3 Å². The molecule has 0 aromatic heterocycles. The molecular weight excluding hydrogens is 435 g/mol. The van der Waals surface area contributed by atoms with Gasteiger partial charge in [0.25, 0.3) is 5.91 Å².